The summed E-state index contributed by atoms with van der Waals surface area (Å²) in [4.78, 5) is 185. The van der Waals surface area contributed by atoms with Crippen molar-refractivity contribution in [3.05, 3.63) is 64.2 Å². The van der Waals surface area contributed by atoms with E-state index in [1.807, 2.05) is 0 Å². The predicted octanol–water partition coefficient (Wildman–Crippen LogP) is -10.8. The van der Waals surface area contributed by atoms with E-state index in [-0.39, 0.29) is 205 Å². The molecule has 149 heavy (non-hydrogen) atoms. The van der Waals surface area contributed by atoms with Crippen molar-refractivity contribution in [2.24, 2.45) is 22.7 Å². The smallest absolute Gasteiger partial charge is 0.265 e. The van der Waals surface area contributed by atoms with Gasteiger partial charge in [0.05, 0.1) is 197 Å². The molecule has 5 aliphatic rings. The zero-order valence-corrected chi connectivity index (χ0v) is 84.9. The molecule has 24 N–H and O–H groups in total. The highest BCUT2D eigenvalue weighted by Gasteiger charge is 2.54. The van der Waals surface area contributed by atoms with Crippen LogP contribution in [0.5, 0.6) is 0 Å². The maximum absolute atomic E-state index is 14.3. The highest BCUT2D eigenvalue weighted by Crippen LogP contribution is 2.49. The monoisotopic (exact) mass is 2160 g/mol. The molecule has 0 bridgehead atoms. The Kier molecular flexibility index (Phi) is 56.1. The number of ketones is 1. The number of aliphatic hydroxyl groups is 13. The molecule has 56 nitrogen and oxygen atoms in total. The number of benzene rings is 2. The van der Waals surface area contributed by atoms with E-state index in [0.29, 0.717) is 0 Å². The third-order valence-corrected chi connectivity index (χ3v) is 25.2. The van der Waals surface area contributed by atoms with Gasteiger partial charge in [-0.1, -0.05) is 27.7 Å². The van der Waals surface area contributed by atoms with Gasteiger partial charge in [0.2, 0.25) is 41.4 Å². The molecular formula is C92H147N11O45P-. The molecule has 7 rings (SSSR count). The Balaban J connectivity index is 0.982. The minimum atomic E-state index is -5.27. The fourth-order valence-electron chi connectivity index (χ4n) is 16.0. The Morgan fingerprint density at radius 3 is 1.14 bits per heavy atom. The zero-order chi connectivity index (χ0) is 110. The molecule has 6 unspecified atom stereocenters. The Morgan fingerprint density at radius 1 is 0.423 bits per heavy atom. The van der Waals surface area contributed by atoms with Crippen molar-refractivity contribution in [3.63, 3.8) is 0 Å². The summed E-state index contributed by atoms with van der Waals surface area (Å²) < 4.78 is 106. The molecule has 11 amide bonds. The summed E-state index contributed by atoms with van der Waals surface area (Å²) in [5.74, 6) is -10.5. The lowest BCUT2D eigenvalue weighted by atomic mass is 9.69. The van der Waals surface area contributed by atoms with E-state index in [1.165, 1.54) is 62.1 Å². The summed E-state index contributed by atoms with van der Waals surface area (Å²) in [7, 11) is -5.27. The first kappa shape index (κ1) is 127. The number of Topliss-reactive ketones (excluding diaryl/α,β-unsaturated/α-hetero) is 1. The van der Waals surface area contributed by atoms with E-state index in [9.17, 15) is 138 Å². The van der Waals surface area contributed by atoms with E-state index in [4.69, 9.17) is 80.3 Å². The van der Waals surface area contributed by atoms with Crippen molar-refractivity contribution in [2.75, 3.05) is 229 Å². The van der Waals surface area contributed by atoms with Gasteiger partial charge in [-0.05, 0) is 48.4 Å². The number of hydrogen-bond acceptors (Lipinski definition) is 44. The molecule has 5 fully saturated rings. The molecule has 57 heteroatoms. The Bertz CT molecular complexity index is 4560. The van der Waals surface area contributed by atoms with E-state index in [0.717, 1.165) is 0 Å². The fourth-order valence-corrected chi connectivity index (χ4v) is 16.5. The minimum Gasteiger partial charge on any atom is -0.756 e. The number of hydrogen-bond donors (Lipinski definition) is 24. The topological polar surface area (TPSA) is 809 Å². The molecule has 5 heterocycles. The van der Waals surface area contributed by atoms with Crippen LogP contribution in [0.3, 0.4) is 0 Å². The van der Waals surface area contributed by atoms with Gasteiger partial charge in [-0.3, -0.25) is 62.1 Å². The number of carbonyl (C=O) groups is 12. The standard InChI is InChI=1S/C92H148N11O45P/c1-52-74(116)76(118)64(44-104)145-87(52)140-31-27-136-23-19-132-15-11-93-82(124)57-35-56(36-58(38-57)83(125)94-12-16-133-21-25-138-29-33-142-89-72(99-54(3)109)80(122)78(120)66(46-106)147-89)37-62(111)42-97-68(112)8-7-63(102-69(113)9-10-71(115)103-48-91(5,50-108)92(6,49-103)51-144-149(129,130)131)86(128)98-43-70(114)101-61-40-59(84(126)95-13-17-134-20-24-137-28-32-141-88-53(2)75(117)77(119)65(45-105)146-88)39-60(41-61)85(127)96-14-18-135-22-26-139-30-34-143-90-73(100-55(4)110)81(123)79(121)67(47-107)148-90/h35-36,38-41,52-53,63-67,72-81,87-90,104-108,116-123H,7-34,37,42-51H2,1-6H3,(H,93,124)(H,94,125)(H,95,126)(H,96,127)(H,97,112)(H,98,128)(H,99,109)(H,100,110)(H,101,114)(H,102,113)(H2,129,130,131)/p-1/t52-,53-,63?,64-,65-,66-,67-,72-,73-,74-,75-,76+,77+,78+,79+,80-,81-,87?,88?,89?,90?,91+,92-/m1/s1. The molecule has 0 aliphatic carbocycles. The van der Waals surface area contributed by atoms with Crippen LogP contribution < -0.4 is 58.1 Å². The molecule has 0 radical (unpaired) electrons. The molecule has 0 spiro atoms. The van der Waals surface area contributed by atoms with E-state index < -0.39 is 303 Å². The first-order valence-corrected chi connectivity index (χ1v) is 50.2. The van der Waals surface area contributed by atoms with Crippen LogP contribution in [-0.4, -0.2) is 488 Å². The second kappa shape index (κ2) is 65.7. The zero-order valence-electron chi connectivity index (χ0n) is 84.0. The van der Waals surface area contributed by atoms with Crippen molar-refractivity contribution in [1.82, 2.24) is 52.8 Å². The number of phosphoric acid groups is 1. The second-order valence-electron chi connectivity index (χ2n) is 36.3. The third-order valence-electron chi connectivity index (χ3n) is 24.8. The SMILES string of the molecule is CC(=O)N[C@H]1C(OCCOCCOCCNC(=O)c2cc(CC(=O)CNC(=O)CCC(NC(=O)CCC(=O)N3C[C@](C)(COP(=O)([O-])O)[C@](C)(CO)C3)C(=O)NCC(=O)Nc3cc(C(=O)NCCOCCOCCOC4O[C@H](CO)[C@H](O)[C@H](O)[C@H]4C)cc(C(=O)NCCOCCOCCOC4O[C@H](CO)[C@H](O)[C@H](O)[C@H]4NC(C)=O)c3)cc(C(=O)NCCOCCOCCOC3O[C@H](CO)[C@H](O)[C@H](O)[C@H]3C)c2)O[C@H](CO)[C@H](O)[C@@H]1O. The number of anilines is 1. The van der Waals surface area contributed by atoms with Crippen LogP contribution in [0, 0.1) is 22.7 Å². The van der Waals surface area contributed by atoms with Crippen LogP contribution in [0.2, 0.25) is 0 Å². The number of carbonyl (C=O) groups excluding carboxylic acids is 12. The molecule has 0 saturated carbocycles. The van der Waals surface area contributed by atoms with Gasteiger partial charge in [-0.15, -0.1) is 0 Å². The summed E-state index contributed by atoms with van der Waals surface area (Å²) in [6.45, 7) is 2.72. The van der Waals surface area contributed by atoms with Crippen LogP contribution in [0.4, 0.5) is 5.69 Å². The molecule has 5 saturated heterocycles. The van der Waals surface area contributed by atoms with E-state index in [2.05, 4.69) is 53.2 Å². The number of amides is 11. The van der Waals surface area contributed by atoms with Crippen molar-refractivity contribution >= 4 is 84.3 Å². The van der Waals surface area contributed by atoms with Gasteiger partial charge in [0, 0.05) is 129 Å². The van der Waals surface area contributed by atoms with Crippen LogP contribution in [0.15, 0.2) is 36.4 Å². The summed E-state index contributed by atoms with van der Waals surface area (Å²) in [6.07, 6.45) is -22.9. The number of aliphatic hydroxyl groups excluding tert-OH is 13. The molecule has 0 aromatic heterocycles. The molecule has 2 aromatic rings. The van der Waals surface area contributed by atoms with Crippen LogP contribution in [-0.2, 0) is 130 Å². The summed E-state index contributed by atoms with van der Waals surface area (Å²) in [5.41, 5.74) is -3.00. The van der Waals surface area contributed by atoms with Crippen molar-refractivity contribution in [2.45, 2.75) is 190 Å². The second-order valence-corrected chi connectivity index (χ2v) is 37.5. The van der Waals surface area contributed by atoms with E-state index in [1.54, 1.807) is 20.8 Å². The number of nitrogens with zero attached hydrogens (tertiary/aromatic N) is 1. The largest absolute Gasteiger partial charge is 0.756 e. The predicted molar refractivity (Wildman–Crippen MR) is 507 cm³/mol. The van der Waals surface area contributed by atoms with Gasteiger partial charge >= 0.3 is 0 Å². The Labute approximate surface area is 858 Å². The molecule has 24 atom stereocenters. The lowest BCUT2D eigenvalue weighted by Gasteiger charge is -2.42. The van der Waals surface area contributed by atoms with Crippen LogP contribution in [0.1, 0.15) is 114 Å². The first-order valence-electron chi connectivity index (χ1n) is 48.7. The summed E-state index contributed by atoms with van der Waals surface area (Å²) in [6, 6.07) is 3.48. The van der Waals surface area contributed by atoms with Gasteiger partial charge < -0.3 is 215 Å². The van der Waals surface area contributed by atoms with Crippen molar-refractivity contribution < 1.29 is 219 Å². The fraction of sp³-hybridized carbons (Fsp3) is 0.739. The third kappa shape index (κ3) is 42.6. The maximum Gasteiger partial charge on any atom is 0.265 e. The Hall–Kier alpha value is -8.77. The molecular weight excluding hydrogens is 2010 g/mol. The molecule has 2 aromatic carbocycles. The lowest BCUT2D eigenvalue weighted by molar-refractivity contribution is -0.284. The summed E-state index contributed by atoms with van der Waals surface area (Å²) in [5, 5.41) is 157. The van der Waals surface area contributed by atoms with Crippen molar-refractivity contribution in [3.8, 4) is 0 Å². The maximum atomic E-state index is 14.3. The normalized spacial score (nSPS) is 26.9. The van der Waals surface area contributed by atoms with Gasteiger partial charge in [0.15, 0.2) is 30.9 Å². The highest BCUT2D eigenvalue weighted by atomic mass is 31.2. The van der Waals surface area contributed by atoms with Gasteiger partial charge in [-0.25, -0.2) is 0 Å². The van der Waals surface area contributed by atoms with Gasteiger partial charge in [0.25, 0.3) is 31.5 Å². The van der Waals surface area contributed by atoms with E-state index >= 15 is 0 Å². The number of likely N-dealkylation sites (tertiary alicyclic amines) is 1. The molecule has 5 aliphatic heterocycles. The summed E-state index contributed by atoms with van der Waals surface area (Å²) >= 11 is 0. The molecule has 846 valence electrons. The van der Waals surface area contributed by atoms with Gasteiger partial charge in [0.1, 0.15) is 79.2 Å². The minimum absolute atomic E-state index is 0.00110. The number of ether oxygens (including phenoxy) is 16. The lowest BCUT2D eigenvalue weighted by Crippen LogP contribution is -2.64. The highest BCUT2D eigenvalue weighted by molar-refractivity contribution is 7.44. The van der Waals surface area contributed by atoms with Gasteiger partial charge in [-0.2, -0.15) is 0 Å². The number of phosphoric ester groups is 1. The van der Waals surface area contributed by atoms with Crippen molar-refractivity contribution in [1.29, 1.82) is 0 Å². The average Bonchev–Trinajstić information content (AvgIpc) is 1.60. The average molecular weight is 2160 g/mol. The van der Waals surface area contributed by atoms with Crippen LogP contribution in [0.25, 0.3) is 0 Å². The first-order chi connectivity index (χ1) is 71.0. The number of nitrogens with one attached hydrogen (secondary N) is 10. The van der Waals surface area contributed by atoms with Crippen LogP contribution >= 0.6 is 7.82 Å². The number of rotatable bonds is 69. The Morgan fingerprint density at radius 2 is 0.772 bits per heavy atom. The quantitative estimate of drug-likeness (QED) is 0.0216.